The lowest BCUT2D eigenvalue weighted by Gasteiger charge is -2.27. The number of nitrogens with one attached hydrogen (secondary N) is 2. The van der Waals surface area contributed by atoms with Gasteiger partial charge in [-0.2, -0.15) is 0 Å². The third kappa shape index (κ3) is 10.5. The molecule has 17 heteroatoms. The van der Waals surface area contributed by atoms with Crippen LogP contribution in [0.4, 0.5) is 0 Å². The van der Waals surface area contributed by atoms with E-state index in [1.165, 1.54) is 17.1 Å². The predicted molar refractivity (Wildman–Crippen MR) is 143 cm³/mol. The Balaban J connectivity index is 2.16. The fourth-order valence-electron chi connectivity index (χ4n) is 3.67. The Kier molecular flexibility index (Phi) is 13.5. The van der Waals surface area contributed by atoms with Gasteiger partial charge in [0.25, 0.3) is 23.6 Å². The van der Waals surface area contributed by atoms with Gasteiger partial charge >= 0.3 is 11.9 Å². The molecule has 2 fully saturated rings. The average molecular weight is 656 g/mol. The first kappa shape index (κ1) is 33.8. The van der Waals surface area contributed by atoms with E-state index in [4.69, 9.17) is 9.68 Å². The van der Waals surface area contributed by atoms with Crippen LogP contribution in [-0.2, 0) is 52.8 Å². The van der Waals surface area contributed by atoms with E-state index < -0.39 is 72.0 Å². The number of allylic oxidation sites excluding steroid dienone is 1. The smallest absolute Gasteiger partial charge is 0.334 e. The average Bonchev–Trinajstić information content (AvgIpc) is 3.43. The third-order valence-electron chi connectivity index (χ3n) is 5.81. The SMILES string of the molecule is C/C=C/C(=O)NCC(CNC(=O)/C=C/Br)C(=O)N(CCC(=O)ON1C(=O)CCC1=O)CCC(=O)ON1C(=O)CCC1=O. The third-order valence-corrected chi connectivity index (χ3v) is 6.07. The van der Waals surface area contributed by atoms with Crippen molar-refractivity contribution < 1.29 is 52.8 Å². The molecule has 0 aromatic heterocycles. The van der Waals surface area contributed by atoms with Crippen LogP contribution in [0.25, 0.3) is 0 Å². The van der Waals surface area contributed by atoms with E-state index in [-0.39, 0.29) is 51.9 Å². The highest BCUT2D eigenvalue weighted by Gasteiger charge is 2.35. The van der Waals surface area contributed by atoms with Gasteiger partial charge in [-0.15, -0.1) is 10.1 Å². The van der Waals surface area contributed by atoms with Crippen molar-refractivity contribution in [1.29, 1.82) is 0 Å². The van der Waals surface area contributed by atoms with Gasteiger partial charge in [-0.1, -0.05) is 22.0 Å². The lowest BCUT2D eigenvalue weighted by atomic mass is 10.1. The Bertz CT molecular complexity index is 1070. The summed E-state index contributed by atoms with van der Waals surface area (Å²) in [5.41, 5.74) is 0. The Morgan fingerprint density at radius 2 is 1.19 bits per heavy atom. The zero-order chi connectivity index (χ0) is 31.2. The largest absolute Gasteiger partial charge is 0.352 e. The molecule has 1 unspecified atom stereocenters. The predicted octanol–water partition coefficient (Wildman–Crippen LogP) is -0.857. The van der Waals surface area contributed by atoms with Crippen molar-refractivity contribution in [2.24, 2.45) is 5.92 Å². The molecule has 2 N–H and O–H groups in total. The fourth-order valence-corrected chi connectivity index (χ4v) is 3.91. The van der Waals surface area contributed by atoms with Crippen molar-refractivity contribution in [2.75, 3.05) is 26.2 Å². The number of halogens is 1. The van der Waals surface area contributed by atoms with Crippen molar-refractivity contribution >= 4 is 69.2 Å². The maximum absolute atomic E-state index is 13.5. The number of imide groups is 2. The first-order chi connectivity index (χ1) is 20.0. The molecule has 42 heavy (non-hydrogen) atoms. The van der Waals surface area contributed by atoms with Crippen LogP contribution in [0, 0.1) is 5.92 Å². The Labute approximate surface area is 248 Å². The molecule has 2 saturated heterocycles. The van der Waals surface area contributed by atoms with Gasteiger partial charge in [0.15, 0.2) is 0 Å². The quantitative estimate of drug-likeness (QED) is 0.164. The second-order valence-corrected chi connectivity index (χ2v) is 9.42. The van der Waals surface area contributed by atoms with Crippen LogP contribution in [0.5, 0.6) is 0 Å². The van der Waals surface area contributed by atoms with Gasteiger partial charge < -0.3 is 25.2 Å². The first-order valence-corrected chi connectivity index (χ1v) is 13.7. The number of rotatable bonds is 15. The number of hydroxylamine groups is 4. The van der Waals surface area contributed by atoms with E-state index in [1.54, 1.807) is 6.92 Å². The van der Waals surface area contributed by atoms with E-state index in [0.29, 0.717) is 10.1 Å². The van der Waals surface area contributed by atoms with Gasteiger partial charge in [0, 0.05) is 57.9 Å². The van der Waals surface area contributed by atoms with Crippen LogP contribution in [0.3, 0.4) is 0 Å². The summed E-state index contributed by atoms with van der Waals surface area (Å²) < 4.78 is 0. The second-order valence-electron chi connectivity index (χ2n) is 8.90. The van der Waals surface area contributed by atoms with Gasteiger partial charge in [-0.25, -0.2) is 9.59 Å². The van der Waals surface area contributed by atoms with Crippen molar-refractivity contribution in [3.63, 3.8) is 0 Å². The summed E-state index contributed by atoms with van der Waals surface area (Å²) in [6, 6.07) is 0. The molecule has 2 aliphatic rings. The summed E-state index contributed by atoms with van der Waals surface area (Å²) in [4.78, 5) is 121. The van der Waals surface area contributed by atoms with E-state index in [9.17, 15) is 43.2 Å². The summed E-state index contributed by atoms with van der Waals surface area (Å²) >= 11 is 2.96. The van der Waals surface area contributed by atoms with Crippen LogP contribution < -0.4 is 10.6 Å². The second kappa shape index (κ2) is 16.8. The number of hydrogen-bond donors (Lipinski definition) is 2. The molecule has 0 aromatic carbocycles. The standard InChI is InChI=1S/C25H30BrN5O11/c1-2-3-17(32)27-14-16(15-28-18(33)8-11-26)25(40)29(12-9-23(38)41-30-19(34)4-5-20(30)35)13-10-24(39)42-31-21(36)6-7-22(31)37/h2-3,8,11,16H,4-7,9-10,12-15H2,1H3,(H,27,32)(H,28,33)/b3-2+,11-8+. The molecule has 0 aliphatic carbocycles. The molecule has 2 aliphatic heterocycles. The van der Waals surface area contributed by atoms with Crippen LogP contribution in [-0.4, -0.2) is 94.5 Å². The fraction of sp³-hybridized carbons (Fsp3) is 0.480. The molecule has 0 radical (unpaired) electrons. The van der Waals surface area contributed by atoms with Gasteiger partial charge in [0.05, 0.1) is 18.8 Å². The minimum Gasteiger partial charge on any atom is -0.352 e. The molecule has 0 saturated carbocycles. The van der Waals surface area contributed by atoms with Crippen LogP contribution in [0.15, 0.2) is 23.2 Å². The minimum atomic E-state index is -1.07. The number of hydrogen-bond acceptors (Lipinski definition) is 11. The minimum absolute atomic E-state index is 0.114. The molecule has 7 amide bonds. The normalized spacial score (nSPS) is 15.9. The maximum Gasteiger partial charge on any atom is 0.334 e. The lowest BCUT2D eigenvalue weighted by molar-refractivity contribution is -0.198. The summed E-state index contributed by atoms with van der Waals surface area (Å²) in [6.45, 7) is 0.402. The van der Waals surface area contributed by atoms with E-state index in [0.717, 1.165) is 11.0 Å². The topological polar surface area (TPSA) is 206 Å². The molecular weight excluding hydrogens is 626 g/mol. The molecule has 2 rings (SSSR count). The van der Waals surface area contributed by atoms with Crippen LogP contribution in [0.2, 0.25) is 0 Å². The summed E-state index contributed by atoms with van der Waals surface area (Å²) in [5, 5.41) is 5.72. The number of nitrogens with zero attached hydrogens (tertiary/aromatic N) is 3. The first-order valence-electron chi connectivity index (χ1n) is 12.8. The molecule has 1 atom stereocenters. The van der Waals surface area contributed by atoms with Crippen molar-refractivity contribution in [3.05, 3.63) is 23.2 Å². The van der Waals surface area contributed by atoms with Crippen molar-refractivity contribution in [1.82, 2.24) is 25.7 Å². The molecule has 2 heterocycles. The zero-order valence-corrected chi connectivity index (χ0v) is 24.3. The maximum atomic E-state index is 13.5. The van der Waals surface area contributed by atoms with Gasteiger partial charge in [-0.05, 0) is 18.0 Å². The molecule has 0 bridgehead atoms. The number of carbonyl (C=O) groups is 9. The molecule has 228 valence electrons. The van der Waals surface area contributed by atoms with E-state index in [1.807, 2.05) is 0 Å². The van der Waals surface area contributed by atoms with Crippen molar-refractivity contribution in [2.45, 2.75) is 45.4 Å². The summed E-state index contributed by atoms with van der Waals surface area (Å²) in [7, 11) is 0. The molecule has 0 spiro atoms. The summed E-state index contributed by atoms with van der Waals surface area (Å²) in [6.07, 6.45) is 2.38. The molecular formula is C25H30BrN5O11. The lowest BCUT2D eigenvalue weighted by Crippen LogP contribution is -2.47. The highest BCUT2D eigenvalue weighted by atomic mass is 79.9. The van der Waals surface area contributed by atoms with Gasteiger partial charge in [0.1, 0.15) is 0 Å². The molecule has 16 nitrogen and oxygen atoms in total. The Hall–Kier alpha value is -4.41. The monoisotopic (exact) mass is 655 g/mol. The van der Waals surface area contributed by atoms with Crippen molar-refractivity contribution in [3.8, 4) is 0 Å². The highest BCUT2D eigenvalue weighted by molar-refractivity contribution is 9.11. The summed E-state index contributed by atoms with van der Waals surface area (Å²) in [5.74, 6) is -7.63. The van der Waals surface area contributed by atoms with E-state index in [2.05, 4.69) is 26.6 Å². The van der Waals surface area contributed by atoms with Gasteiger partial charge in [-0.3, -0.25) is 33.6 Å². The van der Waals surface area contributed by atoms with Crippen LogP contribution in [0.1, 0.15) is 45.4 Å². The zero-order valence-electron chi connectivity index (χ0n) is 22.7. The number of amides is 7. The Morgan fingerprint density at radius 1 is 0.786 bits per heavy atom. The highest BCUT2D eigenvalue weighted by Crippen LogP contribution is 2.15. The van der Waals surface area contributed by atoms with Gasteiger partial charge in [0.2, 0.25) is 17.7 Å². The molecule has 0 aromatic rings. The Morgan fingerprint density at radius 3 is 1.57 bits per heavy atom. The number of carbonyl (C=O) groups excluding carboxylic acids is 9. The van der Waals surface area contributed by atoms with E-state index >= 15 is 0 Å². The van der Waals surface area contributed by atoms with Crippen LogP contribution >= 0.6 is 15.9 Å².